The zero-order valence-electron chi connectivity index (χ0n) is 8.62. The Labute approximate surface area is 96.7 Å². The highest BCUT2D eigenvalue weighted by Gasteiger charge is 2.11. The molecule has 0 unspecified atom stereocenters. The second-order valence-electron chi connectivity index (χ2n) is 3.29. The monoisotopic (exact) mass is 266 g/mol. The molecule has 4 heteroatoms. The minimum atomic E-state index is 0.572. The Hall–Kier alpha value is -1.16. The van der Waals surface area contributed by atoms with Crippen molar-refractivity contribution in [1.82, 2.24) is 10.2 Å². The lowest BCUT2D eigenvalue weighted by Crippen LogP contribution is -1.83. The van der Waals surface area contributed by atoms with Crippen LogP contribution in [-0.2, 0) is 6.42 Å². The lowest BCUT2D eigenvalue weighted by molar-refractivity contribution is 0.512. The molecule has 0 spiro atoms. The average Bonchev–Trinajstić information content (AvgIpc) is 2.70. The molecule has 2 rings (SSSR count). The lowest BCUT2D eigenvalue weighted by atomic mass is 10.1. The van der Waals surface area contributed by atoms with E-state index in [4.69, 9.17) is 4.42 Å². The standard InChI is InChI=1S/C11H11BrN2O/c1-3-9-13-14-11(15-9)8-6-4-5-7(2)10(8)12/h4-6H,3H2,1-2H3. The normalized spacial score (nSPS) is 10.6. The number of aryl methyl sites for hydroxylation is 2. The lowest BCUT2D eigenvalue weighted by Gasteiger charge is -2.01. The van der Waals surface area contributed by atoms with Crippen LogP contribution in [0.4, 0.5) is 0 Å². The van der Waals surface area contributed by atoms with Crippen LogP contribution in [0.15, 0.2) is 27.1 Å². The SMILES string of the molecule is CCc1nnc(-c2cccc(C)c2Br)o1. The molecule has 1 heterocycles. The third-order valence-electron chi connectivity index (χ3n) is 2.19. The molecule has 3 nitrogen and oxygen atoms in total. The van der Waals surface area contributed by atoms with Gasteiger partial charge in [0.2, 0.25) is 11.8 Å². The van der Waals surface area contributed by atoms with Crippen molar-refractivity contribution < 1.29 is 4.42 Å². The molecule has 0 amide bonds. The van der Waals surface area contributed by atoms with Crippen LogP contribution >= 0.6 is 15.9 Å². The van der Waals surface area contributed by atoms with E-state index in [2.05, 4.69) is 26.1 Å². The number of hydrogen-bond donors (Lipinski definition) is 0. The number of halogens is 1. The van der Waals surface area contributed by atoms with E-state index in [1.165, 1.54) is 0 Å². The molecule has 15 heavy (non-hydrogen) atoms. The Kier molecular flexibility index (Phi) is 2.86. The Bertz CT molecular complexity index is 479. The third-order valence-corrected chi connectivity index (χ3v) is 3.24. The van der Waals surface area contributed by atoms with Gasteiger partial charge < -0.3 is 4.42 Å². The Balaban J connectivity index is 2.49. The quantitative estimate of drug-likeness (QED) is 0.837. The average molecular weight is 267 g/mol. The zero-order chi connectivity index (χ0) is 10.8. The van der Waals surface area contributed by atoms with Crippen molar-refractivity contribution in [3.05, 3.63) is 34.1 Å². The predicted octanol–water partition coefficient (Wildman–Crippen LogP) is 3.37. The maximum Gasteiger partial charge on any atom is 0.248 e. The van der Waals surface area contributed by atoms with Crippen LogP contribution in [0.25, 0.3) is 11.5 Å². The number of aromatic nitrogens is 2. The van der Waals surface area contributed by atoms with Crippen molar-refractivity contribution in [2.45, 2.75) is 20.3 Å². The van der Waals surface area contributed by atoms with Gasteiger partial charge in [-0.15, -0.1) is 10.2 Å². The van der Waals surface area contributed by atoms with Gasteiger partial charge in [-0.05, 0) is 34.5 Å². The molecule has 0 aliphatic rings. The molecule has 0 radical (unpaired) electrons. The summed E-state index contributed by atoms with van der Waals surface area (Å²) in [5.74, 6) is 1.24. The van der Waals surface area contributed by atoms with E-state index < -0.39 is 0 Å². The number of hydrogen-bond acceptors (Lipinski definition) is 3. The van der Waals surface area contributed by atoms with Crippen molar-refractivity contribution >= 4 is 15.9 Å². The van der Waals surface area contributed by atoms with E-state index in [0.717, 1.165) is 22.0 Å². The van der Waals surface area contributed by atoms with Gasteiger partial charge in [0.1, 0.15) is 0 Å². The molecule has 0 bridgehead atoms. The summed E-state index contributed by atoms with van der Waals surface area (Å²) >= 11 is 3.52. The topological polar surface area (TPSA) is 38.9 Å². The van der Waals surface area contributed by atoms with Crippen molar-refractivity contribution in [3.63, 3.8) is 0 Å². The summed E-state index contributed by atoms with van der Waals surface area (Å²) in [6.07, 6.45) is 0.760. The van der Waals surface area contributed by atoms with E-state index in [1.54, 1.807) is 0 Å². The largest absolute Gasteiger partial charge is 0.421 e. The Morgan fingerprint density at radius 2 is 2.13 bits per heavy atom. The van der Waals surface area contributed by atoms with E-state index in [0.29, 0.717) is 11.8 Å². The second kappa shape index (κ2) is 4.14. The van der Waals surface area contributed by atoms with Gasteiger partial charge >= 0.3 is 0 Å². The van der Waals surface area contributed by atoms with E-state index in [9.17, 15) is 0 Å². The minimum absolute atomic E-state index is 0.572. The van der Waals surface area contributed by atoms with E-state index in [1.807, 2.05) is 32.0 Å². The van der Waals surface area contributed by atoms with Gasteiger partial charge in [0.15, 0.2) is 0 Å². The molecule has 1 aromatic heterocycles. The molecule has 0 aliphatic carbocycles. The van der Waals surface area contributed by atoms with Crippen LogP contribution in [-0.4, -0.2) is 10.2 Å². The van der Waals surface area contributed by atoms with Crippen molar-refractivity contribution in [2.24, 2.45) is 0 Å². The van der Waals surface area contributed by atoms with Gasteiger partial charge in [0.05, 0.1) is 5.56 Å². The van der Waals surface area contributed by atoms with Crippen LogP contribution < -0.4 is 0 Å². The number of rotatable bonds is 2. The van der Waals surface area contributed by atoms with Gasteiger partial charge in [0.25, 0.3) is 0 Å². The van der Waals surface area contributed by atoms with Crippen LogP contribution in [0.2, 0.25) is 0 Å². The Morgan fingerprint density at radius 1 is 1.33 bits per heavy atom. The van der Waals surface area contributed by atoms with Crippen LogP contribution in [0.5, 0.6) is 0 Å². The summed E-state index contributed by atoms with van der Waals surface area (Å²) in [4.78, 5) is 0. The minimum Gasteiger partial charge on any atom is -0.421 e. The summed E-state index contributed by atoms with van der Waals surface area (Å²) in [7, 11) is 0. The van der Waals surface area contributed by atoms with Crippen LogP contribution in [0, 0.1) is 6.92 Å². The Morgan fingerprint density at radius 3 is 2.80 bits per heavy atom. The molecule has 1 aromatic carbocycles. The molecule has 0 fully saturated rings. The van der Waals surface area contributed by atoms with Gasteiger partial charge in [-0.2, -0.15) is 0 Å². The fourth-order valence-corrected chi connectivity index (χ4v) is 1.75. The molecular formula is C11H11BrN2O. The van der Waals surface area contributed by atoms with Gasteiger partial charge in [0, 0.05) is 10.9 Å². The van der Waals surface area contributed by atoms with E-state index >= 15 is 0 Å². The first-order valence-electron chi connectivity index (χ1n) is 4.80. The highest BCUT2D eigenvalue weighted by atomic mass is 79.9. The first kappa shape index (κ1) is 10.4. The molecule has 78 valence electrons. The fourth-order valence-electron chi connectivity index (χ4n) is 1.32. The van der Waals surface area contributed by atoms with Crippen LogP contribution in [0.1, 0.15) is 18.4 Å². The molecule has 2 aromatic rings. The van der Waals surface area contributed by atoms with Crippen molar-refractivity contribution in [1.29, 1.82) is 0 Å². The molecule has 0 saturated heterocycles. The summed E-state index contributed by atoms with van der Waals surface area (Å²) in [6.45, 7) is 4.02. The predicted molar refractivity (Wildman–Crippen MR) is 61.5 cm³/mol. The molecule has 0 saturated carbocycles. The molecule has 0 N–H and O–H groups in total. The first-order chi connectivity index (χ1) is 7.22. The number of benzene rings is 1. The van der Waals surface area contributed by atoms with Crippen LogP contribution in [0.3, 0.4) is 0 Å². The number of nitrogens with zero attached hydrogens (tertiary/aromatic N) is 2. The highest BCUT2D eigenvalue weighted by Crippen LogP contribution is 2.29. The summed E-state index contributed by atoms with van der Waals surface area (Å²) in [5, 5.41) is 7.96. The molecular weight excluding hydrogens is 256 g/mol. The summed E-state index contributed by atoms with van der Waals surface area (Å²) in [6, 6.07) is 5.97. The second-order valence-corrected chi connectivity index (χ2v) is 4.08. The third kappa shape index (κ3) is 1.95. The maximum atomic E-state index is 5.50. The van der Waals surface area contributed by atoms with Gasteiger partial charge in [-0.3, -0.25) is 0 Å². The summed E-state index contributed by atoms with van der Waals surface area (Å²) in [5.41, 5.74) is 2.10. The van der Waals surface area contributed by atoms with Crippen molar-refractivity contribution in [3.8, 4) is 11.5 Å². The van der Waals surface area contributed by atoms with Gasteiger partial charge in [-0.25, -0.2) is 0 Å². The molecule has 0 aliphatic heterocycles. The fraction of sp³-hybridized carbons (Fsp3) is 0.273. The zero-order valence-corrected chi connectivity index (χ0v) is 10.2. The van der Waals surface area contributed by atoms with Crippen molar-refractivity contribution in [2.75, 3.05) is 0 Å². The maximum absolute atomic E-state index is 5.50. The highest BCUT2D eigenvalue weighted by molar-refractivity contribution is 9.10. The summed E-state index contributed by atoms with van der Waals surface area (Å²) < 4.78 is 6.51. The first-order valence-corrected chi connectivity index (χ1v) is 5.59. The van der Waals surface area contributed by atoms with E-state index in [-0.39, 0.29) is 0 Å². The smallest absolute Gasteiger partial charge is 0.248 e. The molecule has 0 atom stereocenters. The van der Waals surface area contributed by atoms with Gasteiger partial charge in [-0.1, -0.05) is 19.1 Å².